The molecule has 0 amide bonds. The van der Waals surface area contributed by atoms with Crippen LogP contribution in [0.2, 0.25) is 0 Å². The zero-order valence-electron chi connectivity index (χ0n) is 15.1. The Morgan fingerprint density at radius 2 is 1.44 bits per heavy atom. The monoisotopic (exact) mass is 352 g/mol. The Labute approximate surface area is 158 Å². The summed E-state index contributed by atoms with van der Waals surface area (Å²) in [5.74, 6) is -0.884. The van der Waals surface area contributed by atoms with Gasteiger partial charge in [0, 0.05) is 0 Å². The quantitative estimate of drug-likeness (QED) is 0.395. The molecular formula is C25H20O2. The molecule has 27 heavy (non-hydrogen) atoms. The van der Waals surface area contributed by atoms with E-state index in [-0.39, 0.29) is 0 Å². The first-order chi connectivity index (χ1) is 13.1. The summed E-state index contributed by atoms with van der Waals surface area (Å²) in [5, 5.41) is 10.8. The number of hydrogen-bond acceptors (Lipinski definition) is 1. The second-order valence-corrected chi connectivity index (χ2v) is 6.86. The van der Waals surface area contributed by atoms with Gasteiger partial charge in [0.2, 0.25) is 0 Å². The van der Waals surface area contributed by atoms with Crippen LogP contribution < -0.4 is 0 Å². The Kier molecular flexibility index (Phi) is 4.47. The van der Waals surface area contributed by atoms with E-state index >= 15 is 0 Å². The van der Waals surface area contributed by atoms with Gasteiger partial charge in [-0.2, -0.15) is 0 Å². The van der Waals surface area contributed by atoms with Gasteiger partial charge in [0.05, 0.1) is 5.56 Å². The van der Waals surface area contributed by atoms with E-state index in [2.05, 4.69) is 49.4 Å². The molecule has 1 aliphatic rings. The molecule has 4 aromatic rings. The number of aryl methyl sites for hydroxylation is 1. The lowest BCUT2D eigenvalue weighted by Gasteiger charge is -2.01. The number of aromatic carboxylic acids is 1. The summed E-state index contributed by atoms with van der Waals surface area (Å²) in [4.78, 5) is 10.6. The maximum absolute atomic E-state index is 10.6. The molecule has 2 nitrogen and oxygen atoms in total. The van der Waals surface area contributed by atoms with E-state index < -0.39 is 5.97 Å². The minimum absolute atomic E-state index is 0.332. The van der Waals surface area contributed by atoms with Crippen LogP contribution in [0.5, 0.6) is 0 Å². The van der Waals surface area contributed by atoms with Crippen molar-refractivity contribution in [1.29, 1.82) is 0 Å². The van der Waals surface area contributed by atoms with Crippen molar-refractivity contribution in [3.05, 3.63) is 107 Å². The minimum Gasteiger partial charge on any atom is -0.478 e. The lowest BCUT2D eigenvalue weighted by Crippen LogP contribution is -1.94. The zero-order chi connectivity index (χ0) is 18.8. The van der Waals surface area contributed by atoms with Crippen LogP contribution >= 0.6 is 0 Å². The highest BCUT2D eigenvalue weighted by atomic mass is 16.4. The molecule has 4 aromatic carbocycles. The molecule has 2 heteroatoms. The number of carboxylic acids is 1. The molecule has 1 N–H and O–H groups in total. The minimum atomic E-state index is -0.884. The van der Waals surface area contributed by atoms with Gasteiger partial charge in [-0.25, -0.2) is 4.79 Å². The van der Waals surface area contributed by atoms with Crippen molar-refractivity contribution in [3.8, 4) is 11.1 Å². The highest BCUT2D eigenvalue weighted by molar-refractivity contribution is 5.94. The SMILES string of the molecule is Cc1ccc2c(c1)-c1ccccc1C2.O=C(O)c1ccc2ccccc2c1. The summed E-state index contributed by atoms with van der Waals surface area (Å²) in [6.07, 6.45) is 1.10. The van der Waals surface area contributed by atoms with Gasteiger partial charge in [0.15, 0.2) is 0 Å². The highest BCUT2D eigenvalue weighted by Crippen LogP contribution is 2.36. The first kappa shape index (κ1) is 17.0. The van der Waals surface area contributed by atoms with Gasteiger partial charge in [-0.1, -0.05) is 78.4 Å². The van der Waals surface area contributed by atoms with E-state index in [9.17, 15) is 4.79 Å². The first-order valence-electron chi connectivity index (χ1n) is 9.02. The molecule has 0 saturated carbocycles. The summed E-state index contributed by atoms with van der Waals surface area (Å²) in [6.45, 7) is 2.15. The topological polar surface area (TPSA) is 37.3 Å². The van der Waals surface area contributed by atoms with Crippen LogP contribution in [0, 0.1) is 6.92 Å². The number of rotatable bonds is 1. The summed E-state index contributed by atoms with van der Waals surface area (Å²) < 4.78 is 0. The summed E-state index contributed by atoms with van der Waals surface area (Å²) in [6, 6.07) is 28.2. The molecule has 0 spiro atoms. The molecule has 0 unspecified atom stereocenters. The molecule has 0 fully saturated rings. The van der Waals surface area contributed by atoms with Gasteiger partial charge < -0.3 is 5.11 Å². The number of carboxylic acid groups (broad SMARTS) is 1. The normalized spacial score (nSPS) is 11.3. The molecule has 0 aliphatic heterocycles. The van der Waals surface area contributed by atoms with Gasteiger partial charge in [0.25, 0.3) is 0 Å². The van der Waals surface area contributed by atoms with Crippen molar-refractivity contribution in [2.45, 2.75) is 13.3 Å². The summed E-state index contributed by atoms with van der Waals surface area (Å²) in [7, 11) is 0. The van der Waals surface area contributed by atoms with Crippen LogP contribution in [-0.4, -0.2) is 11.1 Å². The molecule has 0 radical (unpaired) electrons. The third-order valence-corrected chi connectivity index (χ3v) is 4.95. The van der Waals surface area contributed by atoms with Crippen molar-refractivity contribution in [3.63, 3.8) is 0 Å². The van der Waals surface area contributed by atoms with E-state index in [1.54, 1.807) is 12.1 Å². The Balaban J connectivity index is 0.000000134. The van der Waals surface area contributed by atoms with E-state index in [0.717, 1.165) is 17.2 Å². The fourth-order valence-corrected chi connectivity index (χ4v) is 3.56. The third kappa shape index (κ3) is 3.47. The fourth-order valence-electron chi connectivity index (χ4n) is 3.56. The van der Waals surface area contributed by atoms with Crippen LogP contribution in [0.25, 0.3) is 21.9 Å². The molecule has 0 atom stereocenters. The summed E-state index contributed by atoms with van der Waals surface area (Å²) >= 11 is 0. The average Bonchev–Trinajstić information content (AvgIpc) is 3.06. The highest BCUT2D eigenvalue weighted by Gasteiger charge is 2.16. The average molecular weight is 352 g/mol. The zero-order valence-corrected chi connectivity index (χ0v) is 15.1. The van der Waals surface area contributed by atoms with Gasteiger partial charge in [-0.05, 0) is 58.5 Å². The lowest BCUT2D eigenvalue weighted by atomic mass is 10.0. The predicted octanol–water partition coefficient (Wildman–Crippen LogP) is 6.10. The molecule has 0 heterocycles. The van der Waals surface area contributed by atoms with Gasteiger partial charge >= 0.3 is 5.97 Å². The van der Waals surface area contributed by atoms with Crippen LogP contribution in [0.1, 0.15) is 27.0 Å². The molecule has 5 rings (SSSR count). The van der Waals surface area contributed by atoms with E-state index in [1.807, 2.05) is 30.3 Å². The molecule has 0 saturated heterocycles. The third-order valence-electron chi connectivity index (χ3n) is 4.95. The Morgan fingerprint density at radius 1 is 0.741 bits per heavy atom. The molecule has 132 valence electrons. The fraction of sp³-hybridized carbons (Fsp3) is 0.0800. The van der Waals surface area contributed by atoms with Crippen LogP contribution in [0.3, 0.4) is 0 Å². The lowest BCUT2D eigenvalue weighted by molar-refractivity contribution is 0.0697. The molecule has 0 aromatic heterocycles. The van der Waals surface area contributed by atoms with E-state index in [4.69, 9.17) is 5.11 Å². The second kappa shape index (κ2) is 7.08. The largest absolute Gasteiger partial charge is 0.478 e. The second-order valence-electron chi connectivity index (χ2n) is 6.86. The van der Waals surface area contributed by atoms with Crippen LogP contribution in [0.4, 0.5) is 0 Å². The van der Waals surface area contributed by atoms with Gasteiger partial charge in [-0.15, -0.1) is 0 Å². The standard InChI is InChI=1S/C14H12.C11H8O2/c1-10-6-7-12-9-11-4-2-3-5-13(11)14(12)8-10;12-11(13)10-6-5-8-3-1-2-4-9(8)7-10/h2-8H,9H2,1H3;1-7H,(H,12,13). The molecule has 0 bridgehead atoms. The van der Waals surface area contributed by atoms with Crippen molar-refractivity contribution >= 4 is 16.7 Å². The van der Waals surface area contributed by atoms with Crippen LogP contribution in [0.15, 0.2) is 84.9 Å². The van der Waals surface area contributed by atoms with Crippen LogP contribution in [-0.2, 0) is 6.42 Å². The smallest absolute Gasteiger partial charge is 0.335 e. The van der Waals surface area contributed by atoms with Crippen molar-refractivity contribution in [2.24, 2.45) is 0 Å². The molecular weight excluding hydrogens is 332 g/mol. The maximum atomic E-state index is 10.6. The Morgan fingerprint density at radius 3 is 2.26 bits per heavy atom. The van der Waals surface area contributed by atoms with Crippen molar-refractivity contribution in [1.82, 2.24) is 0 Å². The van der Waals surface area contributed by atoms with E-state index in [0.29, 0.717) is 5.56 Å². The van der Waals surface area contributed by atoms with Crippen molar-refractivity contribution in [2.75, 3.05) is 0 Å². The van der Waals surface area contributed by atoms with Gasteiger partial charge in [-0.3, -0.25) is 0 Å². The number of hydrogen-bond donors (Lipinski definition) is 1. The van der Waals surface area contributed by atoms with Gasteiger partial charge in [0.1, 0.15) is 0 Å². The molecule has 1 aliphatic carbocycles. The van der Waals surface area contributed by atoms with Crippen molar-refractivity contribution < 1.29 is 9.90 Å². The number of carbonyl (C=O) groups is 1. The number of benzene rings is 4. The maximum Gasteiger partial charge on any atom is 0.335 e. The Bertz CT molecular complexity index is 1140. The predicted molar refractivity (Wildman–Crippen MR) is 110 cm³/mol. The Hall–Kier alpha value is -3.39. The number of fused-ring (bicyclic) bond motifs is 4. The first-order valence-corrected chi connectivity index (χ1v) is 9.02. The van der Waals surface area contributed by atoms with E-state index in [1.165, 1.54) is 27.8 Å². The summed E-state index contributed by atoms with van der Waals surface area (Å²) in [5.41, 5.74) is 7.47.